The number of pyridine rings is 1. The van der Waals surface area contributed by atoms with E-state index in [0.717, 1.165) is 47.8 Å². The van der Waals surface area contributed by atoms with Gasteiger partial charge in [0.05, 0.1) is 17.6 Å². The quantitative estimate of drug-likeness (QED) is 0.611. The minimum absolute atomic E-state index is 0.131. The molecule has 0 saturated carbocycles. The zero-order valence-electron chi connectivity index (χ0n) is 16.3. The molecule has 3 aromatic rings. The molecule has 1 amide bonds. The Balaban J connectivity index is 1.59. The Morgan fingerprint density at radius 1 is 1.31 bits per heavy atom. The summed E-state index contributed by atoms with van der Waals surface area (Å²) in [7, 11) is 0. The number of aromatic nitrogens is 2. The lowest BCUT2D eigenvalue weighted by Gasteiger charge is -2.33. The zero-order chi connectivity index (χ0) is 20.4. The van der Waals surface area contributed by atoms with Crippen molar-refractivity contribution in [2.24, 2.45) is 5.73 Å². The standard InChI is InChI=1S/C21H24N6OS/c1-13-5-2-3-7-15(13)21-26-18(19(23)29-21)20(28)25-16-11-24-9-8-17(16)27-10-4-6-14(22)12-27/h2-3,5,7-9,11,14H,4,6,10,12,22-23H2,1H3,(H,25,28)/t14-/m0/s1. The molecule has 0 aliphatic carbocycles. The number of piperidine rings is 1. The summed E-state index contributed by atoms with van der Waals surface area (Å²) in [5.74, 6) is -0.339. The molecule has 2 aromatic heterocycles. The third-order valence-corrected chi connectivity index (χ3v) is 6.01. The summed E-state index contributed by atoms with van der Waals surface area (Å²) in [6, 6.07) is 9.94. The number of carbonyl (C=O) groups is 1. The van der Waals surface area contributed by atoms with E-state index in [1.54, 1.807) is 12.4 Å². The summed E-state index contributed by atoms with van der Waals surface area (Å²) in [5, 5.41) is 4.07. The molecule has 1 aliphatic heterocycles. The van der Waals surface area contributed by atoms with Gasteiger partial charge in [-0.1, -0.05) is 35.6 Å². The zero-order valence-corrected chi connectivity index (χ0v) is 17.1. The van der Waals surface area contributed by atoms with Crippen LogP contribution in [0.25, 0.3) is 10.6 Å². The van der Waals surface area contributed by atoms with Crippen molar-refractivity contribution in [2.75, 3.05) is 29.0 Å². The van der Waals surface area contributed by atoms with Crippen LogP contribution in [0.1, 0.15) is 28.9 Å². The van der Waals surface area contributed by atoms with Gasteiger partial charge in [0.2, 0.25) is 0 Å². The van der Waals surface area contributed by atoms with Gasteiger partial charge in [0.15, 0.2) is 5.69 Å². The van der Waals surface area contributed by atoms with Crippen molar-refractivity contribution in [3.05, 3.63) is 54.0 Å². The van der Waals surface area contributed by atoms with Gasteiger partial charge in [-0.2, -0.15) is 0 Å². The lowest BCUT2D eigenvalue weighted by molar-refractivity contribution is 0.102. The molecule has 150 valence electrons. The number of amides is 1. The van der Waals surface area contributed by atoms with E-state index in [2.05, 4.69) is 20.2 Å². The third-order valence-electron chi connectivity index (χ3n) is 5.09. The van der Waals surface area contributed by atoms with Crippen LogP contribution in [0.2, 0.25) is 0 Å². The van der Waals surface area contributed by atoms with E-state index in [0.29, 0.717) is 10.7 Å². The predicted molar refractivity (Wildman–Crippen MR) is 118 cm³/mol. The molecule has 1 saturated heterocycles. The van der Waals surface area contributed by atoms with E-state index in [4.69, 9.17) is 11.5 Å². The van der Waals surface area contributed by atoms with Crippen LogP contribution in [0.4, 0.5) is 16.4 Å². The van der Waals surface area contributed by atoms with E-state index >= 15 is 0 Å². The molecule has 0 bridgehead atoms. The molecule has 1 atom stereocenters. The smallest absolute Gasteiger partial charge is 0.277 e. The first kappa shape index (κ1) is 19.4. The Morgan fingerprint density at radius 2 is 2.14 bits per heavy atom. The van der Waals surface area contributed by atoms with Crippen LogP contribution in [-0.2, 0) is 0 Å². The van der Waals surface area contributed by atoms with Crippen LogP contribution in [0, 0.1) is 6.92 Å². The molecule has 3 heterocycles. The highest BCUT2D eigenvalue weighted by Gasteiger charge is 2.22. The average molecular weight is 409 g/mol. The number of nitrogens with one attached hydrogen (secondary N) is 1. The fourth-order valence-corrected chi connectivity index (χ4v) is 4.51. The van der Waals surface area contributed by atoms with Crippen LogP contribution in [-0.4, -0.2) is 35.0 Å². The van der Waals surface area contributed by atoms with Crippen molar-refractivity contribution in [3.8, 4) is 10.6 Å². The number of carbonyl (C=O) groups excluding carboxylic acids is 1. The molecule has 0 spiro atoms. The number of nitrogen functional groups attached to an aromatic ring is 1. The van der Waals surface area contributed by atoms with E-state index in [9.17, 15) is 4.79 Å². The van der Waals surface area contributed by atoms with Gasteiger partial charge in [0, 0.05) is 30.9 Å². The highest BCUT2D eigenvalue weighted by Crippen LogP contribution is 2.33. The van der Waals surface area contributed by atoms with E-state index in [-0.39, 0.29) is 17.6 Å². The lowest BCUT2D eigenvalue weighted by atomic mass is 10.1. The van der Waals surface area contributed by atoms with Crippen molar-refractivity contribution in [2.45, 2.75) is 25.8 Å². The summed E-state index contributed by atoms with van der Waals surface area (Å²) in [6.07, 6.45) is 5.41. The Labute approximate surface area is 173 Å². The highest BCUT2D eigenvalue weighted by molar-refractivity contribution is 7.19. The fraction of sp³-hybridized carbons (Fsp3) is 0.286. The van der Waals surface area contributed by atoms with Gasteiger partial charge in [-0.3, -0.25) is 9.78 Å². The van der Waals surface area contributed by atoms with Gasteiger partial charge in [-0.25, -0.2) is 4.98 Å². The first-order valence-electron chi connectivity index (χ1n) is 9.61. The van der Waals surface area contributed by atoms with Crippen molar-refractivity contribution < 1.29 is 4.79 Å². The molecule has 0 unspecified atom stereocenters. The molecule has 0 radical (unpaired) electrons. The van der Waals surface area contributed by atoms with E-state index in [1.165, 1.54) is 11.3 Å². The number of nitrogens with two attached hydrogens (primary N) is 2. The number of aryl methyl sites for hydroxylation is 1. The number of nitrogens with zero attached hydrogens (tertiary/aromatic N) is 3. The van der Waals surface area contributed by atoms with E-state index < -0.39 is 0 Å². The van der Waals surface area contributed by atoms with Crippen LogP contribution in [0.3, 0.4) is 0 Å². The third kappa shape index (κ3) is 4.08. The van der Waals surface area contributed by atoms with Gasteiger partial charge < -0.3 is 21.7 Å². The maximum absolute atomic E-state index is 12.9. The van der Waals surface area contributed by atoms with Gasteiger partial charge in [-0.05, 0) is 31.4 Å². The first-order valence-corrected chi connectivity index (χ1v) is 10.4. The van der Waals surface area contributed by atoms with Crippen molar-refractivity contribution in [3.63, 3.8) is 0 Å². The molecule has 4 rings (SSSR count). The van der Waals surface area contributed by atoms with Gasteiger partial charge >= 0.3 is 0 Å². The number of benzene rings is 1. The van der Waals surface area contributed by atoms with Crippen LogP contribution >= 0.6 is 11.3 Å². The lowest BCUT2D eigenvalue weighted by Crippen LogP contribution is -2.43. The van der Waals surface area contributed by atoms with Crippen LogP contribution in [0.15, 0.2) is 42.7 Å². The Morgan fingerprint density at radius 3 is 2.93 bits per heavy atom. The summed E-state index contributed by atoms with van der Waals surface area (Å²) in [6.45, 7) is 3.66. The Bertz CT molecular complexity index is 1030. The summed E-state index contributed by atoms with van der Waals surface area (Å²) >= 11 is 1.32. The highest BCUT2D eigenvalue weighted by atomic mass is 32.1. The summed E-state index contributed by atoms with van der Waals surface area (Å²) in [4.78, 5) is 23.8. The topological polar surface area (TPSA) is 110 Å². The molecule has 1 aliphatic rings. The normalized spacial score (nSPS) is 16.6. The fourth-order valence-electron chi connectivity index (χ4n) is 3.59. The second kappa shape index (κ2) is 8.18. The molecular weight excluding hydrogens is 384 g/mol. The first-order chi connectivity index (χ1) is 14.0. The molecule has 8 heteroatoms. The SMILES string of the molecule is Cc1ccccc1-c1nc(C(=O)Nc2cnccc2N2CCC[C@H](N)C2)c(N)s1. The summed E-state index contributed by atoms with van der Waals surface area (Å²) in [5.41, 5.74) is 16.1. The van der Waals surface area contributed by atoms with Crippen molar-refractivity contribution in [1.82, 2.24) is 9.97 Å². The monoisotopic (exact) mass is 408 g/mol. The maximum Gasteiger partial charge on any atom is 0.277 e. The number of hydrogen-bond donors (Lipinski definition) is 3. The molecule has 5 N–H and O–H groups in total. The van der Waals surface area contributed by atoms with Crippen molar-refractivity contribution in [1.29, 1.82) is 0 Å². The Kier molecular flexibility index (Phi) is 5.46. The molecule has 29 heavy (non-hydrogen) atoms. The van der Waals surface area contributed by atoms with Crippen LogP contribution < -0.4 is 21.7 Å². The number of thiazole rings is 1. The maximum atomic E-state index is 12.9. The minimum Gasteiger partial charge on any atom is -0.389 e. The van der Waals surface area contributed by atoms with Gasteiger partial charge in [-0.15, -0.1) is 0 Å². The molecular formula is C21H24N6OS. The minimum atomic E-state index is -0.339. The number of hydrogen-bond acceptors (Lipinski definition) is 7. The predicted octanol–water partition coefficient (Wildman–Crippen LogP) is 3.28. The average Bonchev–Trinajstić information content (AvgIpc) is 3.10. The van der Waals surface area contributed by atoms with E-state index in [1.807, 2.05) is 37.3 Å². The number of anilines is 3. The summed E-state index contributed by atoms with van der Waals surface area (Å²) < 4.78 is 0. The molecule has 1 fully saturated rings. The second-order valence-corrected chi connectivity index (χ2v) is 8.27. The second-order valence-electron chi connectivity index (χ2n) is 7.24. The largest absolute Gasteiger partial charge is 0.389 e. The Hall–Kier alpha value is -2.97. The number of rotatable bonds is 4. The van der Waals surface area contributed by atoms with Crippen molar-refractivity contribution >= 4 is 33.6 Å². The van der Waals surface area contributed by atoms with Gasteiger partial charge in [0.25, 0.3) is 5.91 Å². The van der Waals surface area contributed by atoms with Gasteiger partial charge in [0.1, 0.15) is 10.0 Å². The molecule has 7 nitrogen and oxygen atoms in total. The van der Waals surface area contributed by atoms with Crippen LogP contribution in [0.5, 0.6) is 0 Å². The molecule has 1 aromatic carbocycles.